The van der Waals surface area contributed by atoms with E-state index in [2.05, 4.69) is 5.32 Å². The zero-order valence-corrected chi connectivity index (χ0v) is 14.1. The summed E-state index contributed by atoms with van der Waals surface area (Å²) in [6.07, 6.45) is 0.426. The maximum Gasteiger partial charge on any atom is 0.408 e. The van der Waals surface area contributed by atoms with Crippen molar-refractivity contribution in [1.82, 2.24) is 10.2 Å². The Hall–Kier alpha value is -1.83. The van der Waals surface area contributed by atoms with Crippen molar-refractivity contribution in [3.8, 4) is 0 Å². The van der Waals surface area contributed by atoms with E-state index in [0.717, 1.165) is 12.8 Å². The lowest BCUT2D eigenvalue weighted by Crippen LogP contribution is -2.48. The molecule has 1 atom stereocenters. The van der Waals surface area contributed by atoms with Crippen molar-refractivity contribution < 1.29 is 29.0 Å². The third-order valence-corrected chi connectivity index (χ3v) is 3.50. The number of nitrogens with zero attached hydrogens (tertiary/aromatic N) is 1. The van der Waals surface area contributed by atoms with Gasteiger partial charge >= 0.3 is 12.1 Å². The van der Waals surface area contributed by atoms with Crippen molar-refractivity contribution in [2.45, 2.75) is 57.8 Å². The fourth-order valence-electron chi connectivity index (χ4n) is 2.29. The minimum atomic E-state index is -1.31. The van der Waals surface area contributed by atoms with Crippen molar-refractivity contribution in [3.05, 3.63) is 0 Å². The lowest BCUT2D eigenvalue weighted by Gasteiger charge is -2.32. The molecule has 132 valence electrons. The van der Waals surface area contributed by atoms with Crippen molar-refractivity contribution in [3.63, 3.8) is 0 Å². The van der Waals surface area contributed by atoms with E-state index in [1.807, 2.05) is 0 Å². The molecule has 1 saturated heterocycles. The monoisotopic (exact) mass is 330 g/mol. The zero-order chi connectivity index (χ0) is 17.6. The minimum absolute atomic E-state index is 0.134. The van der Waals surface area contributed by atoms with Gasteiger partial charge in [-0.15, -0.1) is 0 Å². The van der Waals surface area contributed by atoms with Crippen LogP contribution in [0.5, 0.6) is 0 Å². The first kappa shape index (κ1) is 19.2. The van der Waals surface area contributed by atoms with Gasteiger partial charge in [-0.25, -0.2) is 9.59 Å². The second-order valence-corrected chi connectivity index (χ2v) is 6.56. The van der Waals surface area contributed by atoms with E-state index in [0.29, 0.717) is 13.1 Å². The highest BCUT2D eigenvalue weighted by Crippen LogP contribution is 2.14. The van der Waals surface area contributed by atoms with Gasteiger partial charge in [0.1, 0.15) is 11.6 Å². The summed E-state index contributed by atoms with van der Waals surface area (Å²) in [4.78, 5) is 36.7. The summed E-state index contributed by atoms with van der Waals surface area (Å²) in [7, 11) is 1.63. The zero-order valence-electron chi connectivity index (χ0n) is 14.1. The summed E-state index contributed by atoms with van der Waals surface area (Å²) in [5.74, 6) is -1.57. The van der Waals surface area contributed by atoms with Crippen molar-refractivity contribution >= 4 is 18.0 Å². The summed E-state index contributed by atoms with van der Waals surface area (Å²) >= 11 is 0. The molecule has 2 amide bonds. The van der Waals surface area contributed by atoms with Gasteiger partial charge in [0, 0.05) is 20.2 Å². The first-order valence-electron chi connectivity index (χ1n) is 7.65. The van der Waals surface area contributed by atoms with E-state index in [1.165, 1.54) is 0 Å². The van der Waals surface area contributed by atoms with Crippen molar-refractivity contribution in [2.24, 2.45) is 0 Å². The van der Waals surface area contributed by atoms with Crippen LogP contribution in [-0.2, 0) is 19.1 Å². The molecule has 1 aliphatic rings. The summed E-state index contributed by atoms with van der Waals surface area (Å²) in [6, 6.07) is -1.31. The van der Waals surface area contributed by atoms with Crippen LogP contribution in [0.3, 0.4) is 0 Å². The quantitative estimate of drug-likeness (QED) is 0.779. The second kappa shape index (κ2) is 8.14. The number of nitrogens with one attached hydrogen (secondary N) is 1. The predicted molar refractivity (Wildman–Crippen MR) is 82.0 cm³/mol. The molecule has 1 heterocycles. The van der Waals surface area contributed by atoms with Crippen LogP contribution < -0.4 is 5.32 Å². The standard InChI is InChI=1S/C15H26N2O6/c1-15(2,3)23-14(21)16-11(13(19)20)9-12(18)17-7-5-10(22-4)6-8-17/h10-11H,5-9H2,1-4H3,(H,16,21)(H,19,20)/t11-/m1/s1. The third kappa shape index (κ3) is 6.85. The molecule has 1 fully saturated rings. The van der Waals surface area contributed by atoms with Gasteiger partial charge in [-0.05, 0) is 33.6 Å². The van der Waals surface area contributed by atoms with Crippen LogP contribution >= 0.6 is 0 Å². The topological polar surface area (TPSA) is 105 Å². The Morgan fingerprint density at radius 3 is 2.26 bits per heavy atom. The Morgan fingerprint density at radius 2 is 1.83 bits per heavy atom. The Kier molecular flexibility index (Phi) is 6.80. The fraction of sp³-hybridized carbons (Fsp3) is 0.800. The van der Waals surface area contributed by atoms with Crippen LogP contribution in [0.4, 0.5) is 4.79 Å². The molecule has 0 spiro atoms. The molecule has 1 aliphatic heterocycles. The number of ether oxygens (including phenoxy) is 2. The molecule has 0 aliphatic carbocycles. The number of hydrogen-bond donors (Lipinski definition) is 2. The van der Waals surface area contributed by atoms with Crippen LogP contribution in [0.15, 0.2) is 0 Å². The molecule has 0 aromatic heterocycles. The van der Waals surface area contributed by atoms with Crippen molar-refractivity contribution in [2.75, 3.05) is 20.2 Å². The largest absolute Gasteiger partial charge is 0.480 e. The van der Waals surface area contributed by atoms with Gasteiger partial charge in [0.15, 0.2) is 0 Å². The lowest BCUT2D eigenvalue weighted by atomic mass is 10.1. The smallest absolute Gasteiger partial charge is 0.408 e. The molecule has 2 N–H and O–H groups in total. The number of rotatable bonds is 5. The number of methoxy groups -OCH3 is 1. The molecular weight excluding hydrogens is 304 g/mol. The van der Waals surface area contributed by atoms with E-state index >= 15 is 0 Å². The lowest BCUT2D eigenvalue weighted by molar-refractivity contribution is -0.144. The Labute approximate surface area is 136 Å². The molecule has 23 heavy (non-hydrogen) atoms. The van der Waals surface area contributed by atoms with Gasteiger partial charge in [-0.3, -0.25) is 4.79 Å². The fourth-order valence-corrected chi connectivity index (χ4v) is 2.29. The third-order valence-electron chi connectivity index (χ3n) is 3.50. The minimum Gasteiger partial charge on any atom is -0.480 e. The highest BCUT2D eigenvalue weighted by Gasteiger charge is 2.29. The van der Waals surface area contributed by atoms with E-state index in [4.69, 9.17) is 9.47 Å². The number of alkyl carbamates (subject to hydrolysis) is 1. The normalized spacial score (nSPS) is 17.5. The van der Waals surface area contributed by atoms with Gasteiger partial charge < -0.3 is 24.8 Å². The van der Waals surface area contributed by atoms with E-state index in [-0.39, 0.29) is 18.4 Å². The summed E-state index contributed by atoms with van der Waals surface area (Å²) in [5, 5.41) is 11.4. The van der Waals surface area contributed by atoms with Crippen LogP contribution in [-0.4, -0.2) is 65.9 Å². The van der Waals surface area contributed by atoms with E-state index in [1.54, 1.807) is 32.8 Å². The Balaban J connectivity index is 2.54. The molecule has 8 heteroatoms. The molecule has 0 aromatic rings. The first-order valence-corrected chi connectivity index (χ1v) is 7.65. The summed E-state index contributed by atoms with van der Waals surface area (Å²) in [5.41, 5.74) is -0.737. The molecule has 0 aromatic carbocycles. The molecule has 0 unspecified atom stereocenters. The summed E-state index contributed by atoms with van der Waals surface area (Å²) in [6.45, 7) is 6.07. The Morgan fingerprint density at radius 1 is 1.26 bits per heavy atom. The van der Waals surface area contributed by atoms with Crippen LogP contribution in [0.2, 0.25) is 0 Å². The second-order valence-electron chi connectivity index (χ2n) is 6.56. The number of hydrogen-bond acceptors (Lipinski definition) is 5. The van der Waals surface area contributed by atoms with Gasteiger partial charge in [-0.1, -0.05) is 0 Å². The predicted octanol–water partition coefficient (Wildman–Crippen LogP) is 0.992. The number of piperidine rings is 1. The van der Waals surface area contributed by atoms with E-state index in [9.17, 15) is 19.5 Å². The maximum atomic E-state index is 12.2. The SMILES string of the molecule is COC1CCN(C(=O)C[C@@H](NC(=O)OC(C)(C)C)C(=O)O)CC1. The number of carboxylic acid groups (broad SMARTS) is 1. The highest BCUT2D eigenvalue weighted by atomic mass is 16.6. The number of carboxylic acids is 1. The van der Waals surface area contributed by atoms with Crippen molar-refractivity contribution in [1.29, 1.82) is 0 Å². The molecular formula is C15H26N2O6. The Bertz CT molecular complexity index is 438. The highest BCUT2D eigenvalue weighted by molar-refractivity contribution is 5.87. The van der Waals surface area contributed by atoms with E-state index < -0.39 is 23.7 Å². The summed E-state index contributed by atoms with van der Waals surface area (Å²) < 4.78 is 10.3. The van der Waals surface area contributed by atoms with Gasteiger partial charge in [0.25, 0.3) is 0 Å². The van der Waals surface area contributed by atoms with Crippen LogP contribution in [0, 0.1) is 0 Å². The number of aliphatic carboxylic acids is 1. The van der Waals surface area contributed by atoms with Gasteiger partial charge in [0.2, 0.25) is 5.91 Å². The van der Waals surface area contributed by atoms with Gasteiger partial charge in [-0.2, -0.15) is 0 Å². The number of carbonyl (C=O) groups excluding carboxylic acids is 2. The van der Waals surface area contributed by atoms with Gasteiger partial charge in [0.05, 0.1) is 12.5 Å². The first-order chi connectivity index (χ1) is 10.6. The molecule has 0 bridgehead atoms. The number of likely N-dealkylation sites (tertiary alicyclic amines) is 1. The molecule has 0 saturated carbocycles. The molecule has 1 rings (SSSR count). The maximum absolute atomic E-state index is 12.2. The molecule has 8 nitrogen and oxygen atoms in total. The average Bonchev–Trinajstić information content (AvgIpc) is 2.44. The number of amides is 2. The van der Waals surface area contributed by atoms with Crippen LogP contribution in [0.1, 0.15) is 40.0 Å². The average molecular weight is 330 g/mol. The molecule has 0 radical (unpaired) electrons. The number of carbonyl (C=O) groups is 3. The van der Waals surface area contributed by atoms with Crippen LogP contribution in [0.25, 0.3) is 0 Å².